The van der Waals surface area contributed by atoms with Crippen LogP contribution in [-0.2, 0) is 18.7 Å². The first kappa shape index (κ1) is 13.1. The van der Waals surface area contributed by atoms with Gasteiger partial charge >= 0.3 is 5.97 Å². The number of hydrogen-bond acceptors (Lipinski definition) is 3. The second kappa shape index (κ2) is 5.98. The number of hydrogen-bond donors (Lipinski definition) is 1. The molecule has 0 spiro atoms. The molecule has 2 heterocycles. The fourth-order valence-electron chi connectivity index (χ4n) is 1.69. The Bertz CT molecular complexity index is 540. The summed E-state index contributed by atoms with van der Waals surface area (Å²) >= 11 is 7.44. The Morgan fingerprint density at radius 1 is 1.33 bits per heavy atom. The minimum Gasteiger partial charge on any atom is -0.478 e. The van der Waals surface area contributed by atoms with E-state index in [1.807, 2.05) is 11.4 Å². The molecule has 2 aromatic rings. The highest BCUT2D eigenvalue weighted by atomic mass is 35.5. The molecule has 94 valence electrons. The molecule has 0 aliphatic carbocycles. The molecule has 1 N–H and O–H groups in total. The van der Waals surface area contributed by atoms with E-state index in [1.165, 1.54) is 4.88 Å². The number of thiophene rings is 1. The van der Waals surface area contributed by atoms with Gasteiger partial charge in [0.05, 0.1) is 17.1 Å². The predicted octanol–water partition coefficient (Wildman–Crippen LogP) is 3.37. The Morgan fingerprint density at radius 3 is 2.78 bits per heavy atom. The zero-order valence-corrected chi connectivity index (χ0v) is 11.2. The molecule has 0 aliphatic rings. The molecule has 0 amide bonds. The fraction of sp³-hybridized carbons (Fsp3) is 0.231. The van der Waals surface area contributed by atoms with Gasteiger partial charge in [-0.1, -0.05) is 6.07 Å². The Labute approximate surface area is 114 Å². The molecular weight excluding hydrogens is 270 g/mol. The summed E-state index contributed by atoms with van der Waals surface area (Å²) in [5.74, 6) is -0.864. The second-order valence-corrected chi connectivity index (χ2v) is 5.11. The topological polar surface area (TPSA) is 50.2 Å². The van der Waals surface area contributed by atoms with Gasteiger partial charge in [-0.2, -0.15) is 0 Å². The van der Waals surface area contributed by atoms with Crippen LogP contribution in [0.4, 0.5) is 0 Å². The number of pyridine rings is 1. The second-order valence-electron chi connectivity index (χ2n) is 3.81. The number of halogens is 1. The van der Waals surface area contributed by atoms with Crippen LogP contribution < -0.4 is 0 Å². The van der Waals surface area contributed by atoms with Gasteiger partial charge in [-0.3, -0.25) is 4.98 Å². The first-order valence-electron chi connectivity index (χ1n) is 5.51. The molecule has 3 nitrogen and oxygen atoms in total. The van der Waals surface area contributed by atoms with Crippen molar-refractivity contribution in [2.24, 2.45) is 0 Å². The van der Waals surface area contributed by atoms with E-state index in [0.29, 0.717) is 5.69 Å². The molecular formula is C13H12ClNO2S. The van der Waals surface area contributed by atoms with Crippen molar-refractivity contribution in [2.45, 2.75) is 18.7 Å². The normalized spacial score (nSPS) is 10.5. The van der Waals surface area contributed by atoms with Gasteiger partial charge in [-0.05, 0) is 36.4 Å². The van der Waals surface area contributed by atoms with Gasteiger partial charge < -0.3 is 5.11 Å². The molecule has 0 saturated heterocycles. The summed E-state index contributed by atoms with van der Waals surface area (Å²) in [6.45, 7) is 0. The minimum absolute atomic E-state index is 0.120. The van der Waals surface area contributed by atoms with Crippen molar-refractivity contribution in [1.29, 1.82) is 0 Å². The van der Waals surface area contributed by atoms with Gasteiger partial charge in [-0.15, -0.1) is 22.9 Å². The van der Waals surface area contributed by atoms with Gasteiger partial charge in [0.1, 0.15) is 0 Å². The van der Waals surface area contributed by atoms with Crippen LogP contribution in [0.25, 0.3) is 0 Å². The lowest BCUT2D eigenvalue weighted by atomic mass is 10.1. The first-order valence-corrected chi connectivity index (χ1v) is 6.92. The van der Waals surface area contributed by atoms with Crippen LogP contribution >= 0.6 is 22.9 Å². The zero-order chi connectivity index (χ0) is 13.0. The molecule has 0 aliphatic heterocycles. The molecule has 0 bridgehead atoms. The van der Waals surface area contributed by atoms with Gasteiger partial charge in [-0.25, -0.2) is 4.79 Å². The van der Waals surface area contributed by atoms with E-state index in [9.17, 15) is 4.79 Å². The summed E-state index contributed by atoms with van der Waals surface area (Å²) in [6, 6.07) is 7.44. The van der Waals surface area contributed by atoms with Crippen LogP contribution in [0.15, 0.2) is 29.6 Å². The van der Waals surface area contributed by atoms with Crippen LogP contribution in [-0.4, -0.2) is 16.1 Å². The lowest BCUT2D eigenvalue weighted by molar-refractivity contribution is 0.0695. The molecule has 0 unspecified atom stereocenters. The van der Waals surface area contributed by atoms with Gasteiger partial charge in [0, 0.05) is 10.6 Å². The maximum Gasteiger partial charge on any atom is 0.337 e. The number of carboxylic acid groups (broad SMARTS) is 1. The van der Waals surface area contributed by atoms with Crippen molar-refractivity contribution >= 4 is 28.9 Å². The van der Waals surface area contributed by atoms with E-state index < -0.39 is 5.97 Å². The maximum absolute atomic E-state index is 10.9. The molecule has 18 heavy (non-hydrogen) atoms. The van der Waals surface area contributed by atoms with Crippen LogP contribution in [0, 0.1) is 0 Å². The summed E-state index contributed by atoms with van der Waals surface area (Å²) in [4.78, 5) is 16.5. The fourth-order valence-corrected chi connectivity index (χ4v) is 2.60. The quantitative estimate of drug-likeness (QED) is 0.855. The van der Waals surface area contributed by atoms with Crippen molar-refractivity contribution < 1.29 is 9.90 Å². The number of nitrogens with zero attached hydrogens (tertiary/aromatic N) is 1. The third kappa shape index (κ3) is 3.09. The van der Waals surface area contributed by atoms with Crippen molar-refractivity contribution in [3.8, 4) is 0 Å². The van der Waals surface area contributed by atoms with E-state index in [0.717, 1.165) is 18.5 Å². The summed E-state index contributed by atoms with van der Waals surface area (Å²) in [5, 5.41) is 11.0. The van der Waals surface area contributed by atoms with Crippen molar-refractivity contribution in [3.63, 3.8) is 0 Å². The number of aromatic carboxylic acids is 1. The molecule has 0 radical (unpaired) electrons. The highest BCUT2D eigenvalue weighted by Gasteiger charge is 2.11. The number of rotatable bonds is 5. The van der Waals surface area contributed by atoms with Crippen LogP contribution in [0.1, 0.15) is 26.6 Å². The van der Waals surface area contributed by atoms with Crippen LogP contribution in [0.3, 0.4) is 0 Å². The van der Waals surface area contributed by atoms with E-state index in [2.05, 4.69) is 11.1 Å². The average Bonchev–Trinajstić information content (AvgIpc) is 2.88. The maximum atomic E-state index is 10.9. The highest BCUT2D eigenvalue weighted by Crippen LogP contribution is 2.15. The molecule has 0 fully saturated rings. The van der Waals surface area contributed by atoms with Crippen molar-refractivity contribution in [1.82, 2.24) is 4.98 Å². The van der Waals surface area contributed by atoms with Gasteiger partial charge in [0.2, 0.25) is 0 Å². The number of carbonyl (C=O) groups is 1. The van der Waals surface area contributed by atoms with E-state index in [1.54, 1.807) is 23.5 Å². The third-order valence-corrected chi connectivity index (χ3v) is 3.79. The van der Waals surface area contributed by atoms with Crippen molar-refractivity contribution in [3.05, 3.63) is 51.5 Å². The predicted molar refractivity (Wildman–Crippen MR) is 72.5 cm³/mol. The molecule has 2 aromatic heterocycles. The van der Waals surface area contributed by atoms with E-state index in [4.69, 9.17) is 16.7 Å². The standard InChI is InChI=1S/C13H12ClNO2S/c14-8-12-11(13(16)17)6-4-9(15-12)3-5-10-2-1-7-18-10/h1-2,4,6-7H,3,5,8H2,(H,16,17). The average molecular weight is 282 g/mol. The number of carboxylic acids is 1. The largest absolute Gasteiger partial charge is 0.478 e. The Balaban J connectivity index is 2.12. The molecule has 5 heteroatoms. The molecule has 0 aromatic carbocycles. The molecule has 0 atom stereocenters. The first-order chi connectivity index (χ1) is 8.70. The smallest absolute Gasteiger partial charge is 0.337 e. The Kier molecular flexibility index (Phi) is 4.33. The molecule has 0 saturated carbocycles. The SMILES string of the molecule is O=C(O)c1ccc(CCc2cccs2)nc1CCl. The lowest BCUT2D eigenvalue weighted by Gasteiger charge is -2.05. The summed E-state index contributed by atoms with van der Waals surface area (Å²) in [5.41, 5.74) is 1.50. The summed E-state index contributed by atoms with van der Waals surface area (Å²) < 4.78 is 0. The van der Waals surface area contributed by atoms with Gasteiger partial charge in [0.25, 0.3) is 0 Å². The van der Waals surface area contributed by atoms with E-state index >= 15 is 0 Å². The number of alkyl halides is 1. The minimum atomic E-state index is -0.983. The lowest BCUT2D eigenvalue weighted by Crippen LogP contribution is -2.06. The Hall–Kier alpha value is -1.39. The number of aryl methyl sites for hydroxylation is 2. The zero-order valence-electron chi connectivity index (χ0n) is 9.60. The van der Waals surface area contributed by atoms with Gasteiger partial charge in [0.15, 0.2) is 0 Å². The van der Waals surface area contributed by atoms with E-state index in [-0.39, 0.29) is 11.4 Å². The molecule has 2 rings (SSSR count). The third-order valence-electron chi connectivity index (χ3n) is 2.60. The summed E-state index contributed by atoms with van der Waals surface area (Å²) in [6.07, 6.45) is 1.71. The number of aromatic nitrogens is 1. The Morgan fingerprint density at radius 2 is 2.17 bits per heavy atom. The van der Waals surface area contributed by atoms with Crippen LogP contribution in [0.5, 0.6) is 0 Å². The monoisotopic (exact) mass is 281 g/mol. The van der Waals surface area contributed by atoms with Crippen molar-refractivity contribution in [2.75, 3.05) is 0 Å². The summed E-state index contributed by atoms with van der Waals surface area (Å²) in [7, 11) is 0. The van der Waals surface area contributed by atoms with Crippen LogP contribution in [0.2, 0.25) is 0 Å². The highest BCUT2D eigenvalue weighted by molar-refractivity contribution is 7.09.